The second kappa shape index (κ2) is 7.13. The number of rotatable bonds is 3. The van der Waals surface area contributed by atoms with Crippen molar-refractivity contribution >= 4 is 17.3 Å². The first-order valence-electron chi connectivity index (χ1n) is 8.16. The average Bonchev–Trinajstić information content (AvgIpc) is 2.76. The highest BCUT2D eigenvalue weighted by Crippen LogP contribution is 2.42. The third-order valence-electron chi connectivity index (χ3n) is 3.97. The maximum Gasteiger partial charge on any atom is 0.413 e. The number of halogens is 1. The number of ether oxygens (including phenoxy) is 2. The zero-order valence-electron chi connectivity index (χ0n) is 15.5. The van der Waals surface area contributed by atoms with E-state index in [1.54, 1.807) is 65.1 Å². The van der Waals surface area contributed by atoms with Crippen molar-refractivity contribution in [3.8, 4) is 0 Å². The van der Waals surface area contributed by atoms with Crippen molar-refractivity contribution in [1.29, 1.82) is 0 Å². The molecular weight excluding hydrogens is 345 g/mol. The van der Waals surface area contributed by atoms with Crippen LogP contribution in [0.15, 0.2) is 29.2 Å². The lowest BCUT2D eigenvalue weighted by molar-refractivity contribution is -0.0797. The van der Waals surface area contributed by atoms with Gasteiger partial charge < -0.3 is 14.0 Å². The summed E-state index contributed by atoms with van der Waals surface area (Å²) in [6, 6.07) is 6.20. The molecule has 0 spiro atoms. The van der Waals surface area contributed by atoms with Crippen molar-refractivity contribution in [2.24, 2.45) is 0 Å². The molecule has 140 valence electrons. The largest absolute Gasteiger partial charge is 0.612 e. The molecular formula is C18H26FNO4S. The smallest absolute Gasteiger partial charge is 0.413 e. The third-order valence-corrected chi connectivity index (χ3v) is 4.90. The summed E-state index contributed by atoms with van der Waals surface area (Å²) < 4.78 is 36.8. The topological polar surface area (TPSA) is 61.8 Å². The first-order valence-corrected chi connectivity index (χ1v) is 9.71. The van der Waals surface area contributed by atoms with E-state index in [0.717, 1.165) is 5.56 Å². The molecule has 0 N–H and O–H groups in total. The summed E-state index contributed by atoms with van der Waals surface area (Å²) in [4.78, 5) is 14.6. The SMILES string of the molecule is C[S+]([O-])c1ccc([C@H]2OC(C)(C)N(C(=O)OC(C)(C)C)[C@@H]2CF)cc1. The molecule has 1 fully saturated rings. The van der Waals surface area contributed by atoms with Crippen LogP contribution in [0.2, 0.25) is 0 Å². The minimum Gasteiger partial charge on any atom is -0.612 e. The summed E-state index contributed by atoms with van der Waals surface area (Å²) in [6.45, 7) is 7.97. The minimum atomic E-state index is -1.09. The van der Waals surface area contributed by atoms with E-state index >= 15 is 0 Å². The molecule has 0 bridgehead atoms. The molecule has 0 aromatic heterocycles. The van der Waals surface area contributed by atoms with Gasteiger partial charge in [0, 0.05) is 0 Å². The second-order valence-electron chi connectivity index (χ2n) is 7.58. The van der Waals surface area contributed by atoms with Crippen molar-refractivity contribution in [3.63, 3.8) is 0 Å². The summed E-state index contributed by atoms with van der Waals surface area (Å²) in [5, 5.41) is 0. The highest BCUT2D eigenvalue weighted by atomic mass is 32.2. The minimum absolute atomic E-state index is 0.603. The molecule has 7 heteroatoms. The highest BCUT2D eigenvalue weighted by Gasteiger charge is 2.51. The van der Waals surface area contributed by atoms with Crippen LogP contribution in [0.4, 0.5) is 9.18 Å². The number of hydrogen-bond acceptors (Lipinski definition) is 4. The quantitative estimate of drug-likeness (QED) is 0.758. The summed E-state index contributed by atoms with van der Waals surface area (Å²) >= 11 is -1.09. The summed E-state index contributed by atoms with van der Waals surface area (Å²) in [7, 11) is 0. The van der Waals surface area contributed by atoms with Crippen LogP contribution in [-0.2, 0) is 20.6 Å². The Balaban J connectivity index is 2.31. The second-order valence-corrected chi connectivity index (χ2v) is 8.96. The van der Waals surface area contributed by atoms with E-state index < -0.39 is 47.4 Å². The van der Waals surface area contributed by atoms with Crippen LogP contribution in [-0.4, -0.2) is 45.8 Å². The molecule has 1 unspecified atom stereocenters. The Labute approximate surface area is 151 Å². The van der Waals surface area contributed by atoms with Crippen LogP contribution < -0.4 is 0 Å². The lowest BCUT2D eigenvalue weighted by Gasteiger charge is -2.34. The molecule has 1 amide bonds. The van der Waals surface area contributed by atoms with Crippen LogP contribution in [0, 0.1) is 0 Å². The zero-order chi connectivity index (χ0) is 19.0. The number of hydrogen-bond donors (Lipinski definition) is 0. The molecule has 0 radical (unpaired) electrons. The molecule has 1 aliphatic rings. The molecule has 1 aromatic rings. The first kappa shape index (κ1) is 20.0. The van der Waals surface area contributed by atoms with E-state index in [9.17, 15) is 13.7 Å². The number of carbonyl (C=O) groups is 1. The van der Waals surface area contributed by atoms with Crippen LogP contribution in [0.1, 0.15) is 46.3 Å². The molecule has 1 heterocycles. The fourth-order valence-electron chi connectivity index (χ4n) is 2.94. The number of nitrogens with zero attached hydrogens (tertiary/aromatic N) is 1. The fourth-order valence-corrected chi connectivity index (χ4v) is 3.46. The standard InChI is InChI=1S/C18H26FNO4S/c1-17(2,3)24-16(21)20-14(11-19)15(23-18(20,4)5)12-7-9-13(10-8-12)25(6)22/h7-10,14-15H,11H2,1-6H3/t14-,15-,25?/m1/s1. The average molecular weight is 371 g/mol. The van der Waals surface area contributed by atoms with Gasteiger partial charge in [-0.25, -0.2) is 9.18 Å². The molecule has 3 atom stereocenters. The van der Waals surface area contributed by atoms with Crippen molar-refractivity contribution in [2.45, 2.75) is 63.0 Å². The highest BCUT2D eigenvalue weighted by molar-refractivity contribution is 7.90. The van der Waals surface area contributed by atoms with Crippen molar-refractivity contribution in [1.82, 2.24) is 4.90 Å². The van der Waals surface area contributed by atoms with E-state index in [1.807, 2.05) is 0 Å². The maximum absolute atomic E-state index is 13.9. The Hall–Kier alpha value is -1.31. The molecule has 2 rings (SSSR count). The first-order chi connectivity index (χ1) is 11.5. The van der Waals surface area contributed by atoms with Gasteiger partial charge in [-0.3, -0.25) is 4.90 Å². The van der Waals surface area contributed by atoms with Gasteiger partial charge in [0.2, 0.25) is 0 Å². The molecule has 1 aromatic carbocycles. The van der Waals surface area contributed by atoms with Gasteiger partial charge in [-0.05, 0) is 63.5 Å². The molecule has 5 nitrogen and oxygen atoms in total. The Morgan fingerprint density at radius 1 is 1.36 bits per heavy atom. The Morgan fingerprint density at radius 2 is 1.92 bits per heavy atom. The van der Waals surface area contributed by atoms with Gasteiger partial charge in [-0.2, -0.15) is 0 Å². The van der Waals surface area contributed by atoms with Crippen LogP contribution in [0.5, 0.6) is 0 Å². The van der Waals surface area contributed by atoms with Crippen molar-refractivity contribution < 1.29 is 23.2 Å². The van der Waals surface area contributed by atoms with Crippen molar-refractivity contribution in [3.05, 3.63) is 29.8 Å². The van der Waals surface area contributed by atoms with E-state index in [2.05, 4.69) is 0 Å². The monoisotopic (exact) mass is 371 g/mol. The summed E-state index contributed by atoms with van der Waals surface area (Å²) in [6.07, 6.45) is 0.375. The maximum atomic E-state index is 13.9. The van der Waals surface area contributed by atoms with Gasteiger partial charge in [0.15, 0.2) is 4.90 Å². The van der Waals surface area contributed by atoms with Crippen LogP contribution in [0.25, 0.3) is 0 Å². The number of amides is 1. The lowest BCUT2D eigenvalue weighted by atomic mass is 10.0. The van der Waals surface area contributed by atoms with Gasteiger partial charge in [0.05, 0.1) is 6.04 Å². The molecule has 1 aliphatic heterocycles. The van der Waals surface area contributed by atoms with E-state index in [-0.39, 0.29) is 0 Å². The molecule has 0 aliphatic carbocycles. The Kier molecular flexibility index (Phi) is 5.71. The summed E-state index contributed by atoms with van der Waals surface area (Å²) in [5.74, 6) is 0. The van der Waals surface area contributed by atoms with Gasteiger partial charge >= 0.3 is 6.09 Å². The summed E-state index contributed by atoms with van der Waals surface area (Å²) in [5.41, 5.74) is -0.953. The number of carbonyl (C=O) groups excluding carboxylic acids is 1. The van der Waals surface area contributed by atoms with E-state index in [0.29, 0.717) is 4.90 Å². The van der Waals surface area contributed by atoms with Gasteiger partial charge in [0.25, 0.3) is 0 Å². The Bertz CT molecular complexity index is 612. The van der Waals surface area contributed by atoms with E-state index in [4.69, 9.17) is 9.47 Å². The van der Waals surface area contributed by atoms with E-state index in [1.165, 1.54) is 4.90 Å². The predicted molar refractivity (Wildman–Crippen MR) is 94.5 cm³/mol. The number of benzene rings is 1. The third kappa shape index (κ3) is 4.46. The van der Waals surface area contributed by atoms with Gasteiger partial charge in [0.1, 0.15) is 30.4 Å². The predicted octanol–water partition coefficient (Wildman–Crippen LogP) is 3.81. The van der Waals surface area contributed by atoms with Gasteiger partial charge in [-0.1, -0.05) is 12.1 Å². The lowest BCUT2D eigenvalue weighted by Crippen LogP contribution is -2.50. The van der Waals surface area contributed by atoms with Gasteiger partial charge in [-0.15, -0.1) is 0 Å². The van der Waals surface area contributed by atoms with Crippen molar-refractivity contribution in [2.75, 3.05) is 12.9 Å². The molecule has 1 saturated heterocycles. The Morgan fingerprint density at radius 3 is 2.36 bits per heavy atom. The molecule has 25 heavy (non-hydrogen) atoms. The molecule has 0 saturated carbocycles. The van der Waals surface area contributed by atoms with Crippen LogP contribution in [0.3, 0.4) is 0 Å². The van der Waals surface area contributed by atoms with Crippen LogP contribution >= 0.6 is 0 Å². The normalized spacial score (nSPS) is 24.2. The fraction of sp³-hybridized carbons (Fsp3) is 0.611. The number of alkyl halides is 1. The zero-order valence-corrected chi connectivity index (χ0v) is 16.4.